The van der Waals surface area contributed by atoms with E-state index < -0.39 is 20.0 Å². The highest BCUT2D eigenvalue weighted by atomic mass is 31.2. The summed E-state index contributed by atoms with van der Waals surface area (Å²) in [7, 11) is 1.52. The van der Waals surface area contributed by atoms with E-state index in [1.807, 2.05) is 27.2 Å². The number of rotatable bonds is 67. The fourth-order valence-electron chi connectivity index (χ4n) is 11.2. The third-order valence-electron chi connectivity index (χ3n) is 16.7. The van der Waals surface area contributed by atoms with Crippen molar-refractivity contribution in [1.82, 2.24) is 5.32 Å². The van der Waals surface area contributed by atoms with Crippen LogP contribution >= 0.6 is 7.82 Å². The molecule has 0 aromatic rings. The zero-order valence-corrected chi connectivity index (χ0v) is 56.2. The van der Waals surface area contributed by atoms with Crippen LogP contribution < -0.4 is 5.32 Å². The van der Waals surface area contributed by atoms with Crippen molar-refractivity contribution in [1.29, 1.82) is 0 Å². The normalized spacial score (nSPS) is 13.5. The quantitative estimate of drug-likeness (QED) is 0.0205. The summed E-state index contributed by atoms with van der Waals surface area (Å²) in [4.78, 5) is 37.9. The van der Waals surface area contributed by atoms with Crippen molar-refractivity contribution in [2.45, 2.75) is 392 Å². The lowest BCUT2D eigenvalue weighted by Crippen LogP contribution is -2.47. The van der Waals surface area contributed by atoms with E-state index in [-0.39, 0.29) is 25.1 Å². The number of phosphoric acid groups is 1. The number of quaternary nitrogens is 1. The van der Waals surface area contributed by atoms with Crippen molar-refractivity contribution in [3.8, 4) is 0 Å². The molecule has 2 N–H and O–H groups in total. The van der Waals surface area contributed by atoms with Crippen LogP contribution in [-0.2, 0) is 27.9 Å². The number of allylic oxidation sites excluding steroid dienone is 1. The summed E-state index contributed by atoms with van der Waals surface area (Å²) in [5.41, 5.74) is 0. The molecule has 9 nitrogen and oxygen atoms in total. The molecule has 0 fully saturated rings. The second-order valence-electron chi connectivity index (χ2n) is 26.1. The van der Waals surface area contributed by atoms with Crippen LogP contribution in [0, 0.1) is 0 Å². The largest absolute Gasteiger partial charge is 0.472 e. The van der Waals surface area contributed by atoms with Gasteiger partial charge in [-0.15, -0.1) is 0 Å². The molecule has 0 bridgehead atoms. The second kappa shape index (κ2) is 61.8. The van der Waals surface area contributed by atoms with E-state index in [9.17, 15) is 19.0 Å². The molecule has 0 aliphatic rings. The van der Waals surface area contributed by atoms with Gasteiger partial charge in [-0.3, -0.25) is 18.6 Å². The zero-order valence-electron chi connectivity index (χ0n) is 55.3. The summed E-state index contributed by atoms with van der Waals surface area (Å²) in [6.07, 6.45) is 73.7. The lowest BCUT2D eigenvalue weighted by Gasteiger charge is -2.27. The number of hydrogen-bond donors (Lipinski definition) is 2. The van der Waals surface area contributed by atoms with Crippen molar-refractivity contribution >= 4 is 19.7 Å². The maximum absolute atomic E-state index is 13.6. The van der Waals surface area contributed by atoms with Gasteiger partial charge in [0.15, 0.2) is 0 Å². The third-order valence-corrected chi connectivity index (χ3v) is 17.7. The van der Waals surface area contributed by atoms with Crippen LogP contribution in [0.5, 0.6) is 0 Å². The molecule has 0 aliphatic heterocycles. The van der Waals surface area contributed by atoms with Gasteiger partial charge in [-0.1, -0.05) is 348 Å². The highest BCUT2D eigenvalue weighted by molar-refractivity contribution is 7.47. The minimum atomic E-state index is -4.45. The maximum Gasteiger partial charge on any atom is 0.472 e. The monoisotopic (exact) mass is 1170 g/mol. The van der Waals surface area contributed by atoms with E-state index in [0.29, 0.717) is 23.9 Å². The summed E-state index contributed by atoms with van der Waals surface area (Å²) in [6, 6.07) is -0.840. The van der Waals surface area contributed by atoms with Gasteiger partial charge in [-0.2, -0.15) is 0 Å². The Morgan fingerprint density at radius 3 is 1.01 bits per heavy atom. The minimum absolute atomic E-state index is 0.0461. The summed E-state index contributed by atoms with van der Waals surface area (Å²) in [5.74, 6) is -0.477. The first-order chi connectivity index (χ1) is 39.4. The molecule has 0 saturated carbocycles. The van der Waals surface area contributed by atoms with Gasteiger partial charge in [0.25, 0.3) is 0 Å². The number of carbonyl (C=O) groups excluding carboxylic acids is 2. The average molecular weight is 1170 g/mol. The van der Waals surface area contributed by atoms with E-state index in [2.05, 4.69) is 32.2 Å². The Hall–Kier alpha value is -1.25. The fraction of sp³-hybridized carbons (Fsp3) is 0.944. The van der Waals surface area contributed by atoms with Gasteiger partial charge in [0.1, 0.15) is 19.3 Å². The molecule has 3 unspecified atom stereocenters. The highest BCUT2D eigenvalue weighted by Gasteiger charge is 2.30. The summed E-state index contributed by atoms with van der Waals surface area (Å²) < 4.78 is 30.8. The Morgan fingerprint density at radius 1 is 0.420 bits per heavy atom. The number of carbonyl (C=O) groups is 2. The van der Waals surface area contributed by atoms with Gasteiger partial charge in [-0.25, -0.2) is 4.57 Å². The van der Waals surface area contributed by atoms with E-state index in [0.717, 1.165) is 57.8 Å². The predicted molar refractivity (Wildman–Crippen MR) is 351 cm³/mol. The molecular weight excluding hydrogens is 1020 g/mol. The second-order valence-corrected chi connectivity index (χ2v) is 27.6. The molecule has 0 aromatic heterocycles. The lowest BCUT2D eigenvalue weighted by molar-refractivity contribution is -0.870. The average Bonchev–Trinajstić information content (AvgIpc) is 3.44. The van der Waals surface area contributed by atoms with Crippen LogP contribution in [0.2, 0.25) is 0 Å². The smallest absolute Gasteiger partial charge is 0.456 e. The maximum atomic E-state index is 13.6. The Morgan fingerprint density at radius 2 is 0.704 bits per heavy atom. The summed E-state index contributed by atoms with van der Waals surface area (Å²) in [5, 5.41) is 3.08. The van der Waals surface area contributed by atoms with Crippen LogP contribution in [0.1, 0.15) is 380 Å². The van der Waals surface area contributed by atoms with Gasteiger partial charge in [0, 0.05) is 12.8 Å². The molecule has 482 valence electrons. The van der Waals surface area contributed by atoms with Gasteiger partial charge >= 0.3 is 13.8 Å². The number of amides is 1. The molecule has 10 heteroatoms. The molecule has 0 spiro atoms. The Labute approximate surface area is 505 Å². The molecule has 0 heterocycles. The number of likely N-dealkylation sites (N-methyl/N-ethyl adjacent to an activating group) is 1. The number of nitrogens with zero attached hydrogens (tertiary/aromatic N) is 1. The Balaban J connectivity index is 4.95. The topological polar surface area (TPSA) is 111 Å². The van der Waals surface area contributed by atoms with Crippen LogP contribution in [0.15, 0.2) is 12.2 Å². The summed E-state index contributed by atoms with van der Waals surface area (Å²) >= 11 is 0. The predicted octanol–water partition coefficient (Wildman–Crippen LogP) is 22.7. The molecular formula is C71H142N2O7P+. The molecule has 0 rings (SSSR count). The first kappa shape index (κ1) is 79.8. The first-order valence-corrected chi connectivity index (χ1v) is 37.5. The molecule has 1 amide bonds. The minimum Gasteiger partial charge on any atom is -0.456 e. The Bertz CT molecular complexity index is 1390. The van der Waals surface area contributed by atoms with E-state index in [4.69, 9.17) is 13.8 Å². The van der Waals surface area contributed by atoms with Crippen LogP contribution in [0.4, 0.5) is 0 Å². The van der Waals surface area contributed by atoms with Gasteiger partial charge in [0.05, 0.1) is 33.8 Å². The van der Waals surface area contributed by atoms with Gasteiger partial charge < -0.3 is 19.4 Å². The molecule has 0 saturated heterocycles. The third kappa shape index (κ3) is 63.1. The standard InChI is InChI=1S/C71H141N2O7P/c1-7-10-13-16-19-22-25-28-30-31-32-33-34-35-36-37-38-39-40-41-43-45-48-51-54-57-60-63-70(74)72-68(67-79-81(76,77)78-66-65-73(4,5)6)69(62-59-56-53-50-47-44-27-24-21-18-15-12-9-3)80-71(75)64-61-58-55-52-49-46-42-29-26-23-20-17-14-11-8-2/h59,62,68-69H,7-58,60-61,63-67H2,1-6H3,(H-,72,74,76,77)/p+1/b62-59-. The number of hydrogen-bond acceptors (Lipinski definition) is 6. The first-order valence-electron chi connectivity index (χ1n) is 36.0. The van der Waals surface area contributed by atoms with Crippen molar-refractivity contribution in [2.24, 2.45) is 0 Å². The summed E-state index contributed by atoms with van der Waals surface area (Å²) in [6.45, 7) is 7.09. The number of esters is 1. The lowest BCUT2D eigenvalue weighted by atomic mass is 10.0. The van der Waals surface area contributed by atoms with Crippen LogP contribution in [0.25, 0.3) is 0 Å². The molecule has 0 aliphatic carbocycles. The SMILES string of the molecule is CCCCCCCCCCCCC/C=C\C(OC(=O)CCCCCCCCCCCCCCCCC)C(COP(=O)(O)OCC[N+](C)(C)C)NC(=O)CCCCCCCCCCCCCCCCCCCCCCCCCCCCC. The fourth-order valence-corrected chi connectivity index (χ4v) is 11.9. The van der Waals surface area contributed by atoms with Crippen molar-refractivity contribution in [3.05, 3.63) is 12.2 Å². The van der Waals surface area contributed by atoms with Gasteiger partial charge in [0.2, 0.25) is 5.91 Å². The van der Waals surface area contributed by atoms with Crippen LogP contribution in [0.3, 0.4) is 0 Å². The van der Waals surface area contributed by atoms with Gasteiger partial charge in [-0.05, 0) is 31.8 Å². The number of nitrogens with one attached hydrogen (secondary N) is 1. The Kier molecular flexibility index (Phi) is 60.9. The molecule has 0 radical (unpaired) electrons. The van der Waals surface area contributed by atoms with E-state index in [1.165, 1.54) is 289 Å². The van der Waals surface area contributed by atoms with Crippen molar-refractivity contribution in [2.75, 3.05) is 40.9 Å². The molecule has 3 atom stereocenters. The van der Waals surface area contributed by atoms with E-state index >= 15 is 0 Å². The number of ether oxygens (including phenoxy) is 1. The van der Waals surface area contributed by atoms with Crippen LogP contribution in [-0.4, -0.2) is 74.3 Å². The van der Waals surface area contributed by atoms with Crippen molar-refractivity contribution < 1.29 is 37.3 Å². The zero-order chi connectivity index (χ0) is 59.3. The van der Waals surface area contributed by atoms with Crippen molar-refractivity contribution in [3.63, 3.8) is 0 Å². The number of unbranched alkanes of at least 4 members (excludes halogenated alkanes) is 51. The number of phosphoric ester groups is 1. The molecule has 81 heavy (non-hydrogen) atoms. The molecule has 0 aromatic carbocycles. The highest BCUT2D eigenvalue weighted by Crippen LogP contribution is 2.43. The van der Waals surface area contributed by atoms with E-state index in [1.54, 1.807) is 0 Å².